The molecule has 1 aliphatic carbocycles. The van der Waals surface area contributed by atoms with Gasteiger partial charge in [0.15, 0.2) is 0 Å². The van der Waals surface area contributed by atoms with Crippen LogP contribution in [0.2, 0.25) is 0 Å². The van der Waals surface area contributed by atoms with Crippen molar-refractivity contribution in [1.29, 1.82) is 0 Å². The van der Waals surface area contributed by atoms with E-state index in [0.717, 1.165) is 0 Å². The third kappa shape index (κ3) is 4.37. The zero-order chi connectivity index (χ0) is 31.5. The summed E-state index contributed by atoms with van der Waals surface area (Å²) in [6.45, 7) is 4.70. The molecular weight excluding hydrogens is 565 g/mol. The van der Waals surface area contributed by atoms with E-state index in [1.165, 1.54) is 88.3 Å². The molecule has 0 saturated carbocycles. The Labute approximate surface area is 276 Å². The van der Waals surface area contributed by atoms with Crippen LogP contribution < -0.4 is 0 Å². The lowest BCUT2D eigenvalue weighted by atomic mass is 9.81. The first-order valence-electron chi connectivity index (χ1n) is 16.5. The standard InChI is InChI=1S/C47H34/c1-47(2)43-25-11-10-20-37(43)38-27-26-35(30-44(38)47)33-17-12-16-32(28-33)34-18-13-19-36(29-34)46-41-23-8-6-21-39(41)45(31-14-4-3-5-15-31)40-22-7-9-24-42(40)46/h3-30H,1-2H3. The van der Waals surface area contributed by atoms with Crippen LogP contribution in [0.3, 0.4) is 0 Å². The van der Waals surface area contributed by atoms with Gasteiger partial charge in [0.25, 0.3) is 0 Å². The van der Waals surface area contributed by atoms with Crippen LogP contribution in [0.1, 0.15) is 25.0 Å². The number of hydrogen-bond acceptors (Lipinski definition) is 0. The predicted octanol–water partition coefficient (Wildman–Crippen LogP) is 13.0. The van der Waals surface area contributed by atoms with Gasteiger partial charge in [-0.1, -0.05) is 166 Å². The second-order valence-electron chi connectivity index (χ2n) is 13.3. The van der Waals surface area contributed by atoms with Gasteiger partial charge in [-0.3, -0.25) is 0 Å². The van der Waals surface area contributed by atoms with Gasteiger partial charge in [0.1, 0.15) is 0 Å². The van der Waals surface area contributed by atoms with E-state index < -0.39 is 0 Å². The Kier molecular flexibility index (Phi) is 6.27. The molecule has 222 valence electrons. The van der Waals surface area contributed by atoms with E-state index in [0.29, 0.717) is 0 Å². The minimum atomic E-state index is -0.0184. The minimum absolute atomic E-state index is 0.0184. The highest BCUT2D eigenvalue weighted by atomic mass is 14.4. The maximum absolute atomic E-state index is 2.41. The molecular formula is C47H34. The average Bonchev–Trinajstić information content (AvgIpc) is 3.36. The molecule has 1 aliphatic rings. The zero-order valence-electron chi connectivity index (χ0n) is 26.7. The zero-order valence-corrected chi connectivity index (χ0v) is 26.7. The molecule has 0 nitrogen and oxygen atoms in total. The van der Waals surface area contributed by atoms with Crippen LogP contribution in [0.4, 0.5) is 0 Å². The first-order chi connectivity index (χ1) is 23.1. The van der Waals surface area contributed by atoms with Crippen LogP contribution in [0, 0.1) is 0 Å². The lowest BCUT2D eigenvalue weighted by Crippen LogP contribution is -2.14. The predicted molar refractivity (Wildman–Crippen MR) is 201 cm³/mol. The summed E-state index contributed by atoms with van der Waals surface area (Å²) < 4.78 is 0. The molecule has 0 heterocycles. The highest BCUT2D eigenvalue weighted by molar-refractivity contribution is 6.21. The van der Waals surface area contributed by atoms with Crippen molar-refractivity contribution in [3.63, 3.8) is 0 Å². The number of rotatable bonds is 4. The van der Waals surface area contributed by atoms with Crippen molar-refractivity contribution in [2.24, 2.45) is 0 Å². The number of benzene rings is 8. The second kappa shape index (κ2) is 10.7. The second-order valence-corrected chi connectivity index (χ2v) is 13.3. The van der Waals surface area contributed by atoms with Gasteiger partial charge in [-0.25, -0.2) is 0 Å². The van der Waals surface area contributed by atoms with Crippen molar-refractivity contribution in [3.05, 3.63) is 181 Å². The SMILES string of the molecule is CC1(C)c2ccccc2-c2ccc(-c3cccc(-c4cccc(-c5c6ccccc6c(-c6ccccc6)c6ccccc56)c4)c3)cc21. The number of hydrogen-bond donors (Lipinski definition) is 0. The van der Waals surface area contributed by atoms with Crippen molar-refractivity contribution < 1.29 is 0 Å². The van der Waals surface area contributed by atoms with E-state index in [1.807, 2.05) is 0 Å². The Hall–Kier alpha value is -5.72. The van der Waals surface area contributed by atoms with Crippen LogP contribution in [-0.2, 0) is 5.41 Å². The van der Waals surface area contributed by atoms with Crippen molar-refractivity contribution in [2.45, 2.75) is 19.3 Å². The van der Waals surface area contributed by atoms with E-state index in [9.17, 15) is 0 Å². The van der Waals surface area contributed by atoms with Crippen LogP contribution in [0.25, 0.3) is 77.2 Å². The molecule has 8 aromatic carbocycles. The van der Waals surface area contributed by atoms with Gasteiger partial charge in [-0.15, -0.1) is 0 Å². The summed E-state index contributed by atoms with van der Waals surface area (Å²) in [4.78, 5) is 0. The molecule has 0 radical (unpaired) electrons. The first-order valence-corrected chi connectivity index (χ1v) is 16.5. The highest BCUT2D eigenvalue weighted by Gasteiger charge is 2.35. The summed E-state index contributed by atoms with van der Waals surface area (Å²) in [5.74, 6) is 0. The molecule has 0 spiro atoms. The van der Waals surface area contributed by atoms with Crippen LogP contribution >= 0.6 is 0 Å². The van der Waals surface area contributed by atoms with Crippen molar-refractivity contribution in [2.75, 3.05) is 0 Å². The summed E-state index contributed by atoms with van der Waals surface area (Å²) in [5, 5.41) is 5.11. The number of fused-ring (bicyclic) bond motifs is 5. The summed E-state index contributed by atoms with van der Waals surface area (Å²) in [5.41, 5.74) is 15.5. The summed E-state index contributed by atoms with van der Waals surface area (Å²) in [6, 6.07) is 62.6. The monoisotopic (exact) mass is 598 g/mol. The first kappa shape index (κ1) is 27.6. The van der Waals surface area contributed by atoms with Crippen molar-refractivity contribution in [1.82, 2.24) is 0 Å². The average molecular weight is 599 g/mol. The molecule has 0 aromatic heterocycles. The quantitative estimate of drug-likeness (QED) is 0.177. The topological polar surface area (TPSA) is 0 Å². The molecule has 0 bridgehead atoms. The van der Waals surface area contributed by atoms with Gasteiger partial charge in [0.2, 0.25) is 0 Å². The summed E-state index contributed by atoms with van der Waals surface area (Å²) in [6.07, 6.45) is 0. The molecule has 0 saturated heterocycles. The van der Waals surface area contributed by atoms with E-state index in [-0.39, 0.29) is 5.41 Å². The highest BCUT2D eigenvalue weighted by Crippen LogP contribution is 2.50. The Bertz CT molecular complexity index is 2420. The van der Waals surface area contributed by atoms with E-state index >= 15 is 0 Å². The molecule has 47 heavy (non-hydrogen) atoms. The van der Waals surface area contributed by atoms with E-state index in [4.69, 9.17) is 0 Å². The van der Waals surface area contributed by atoms with Gasteiger partial charge in [0.05, 0.1) is 0 Å². The molecule has 0 aliphatic heterocycles. The molecule has 8 aromatic rings. The maximum atomic E-state index is 2.41. The minimum Gasteiger partial charge on any atom is -0.0622 e. The third-order valence-electron chi connectivity index (χ3n) is 10.3. The van der Waals surface area contributed by atoms with E-state index in [1.54, 1.807) is 0 Å². The Balaban J connectivity index is 1.17. The van der Waals surface area contributed by atoms with E-state index in [2.05, 4.69) is 184 Å². The van der Waals surface area contributed by atoms with Crippen LogP contribution in [0.5, 0.6) is 0 Å². The molecule has 9 rings (SSSR count). The third-order valence-corrected chi connectivity index (χ3v) is 10.3. The molecule has 0 atom stereocenters. The fourth-order valence-corrected chi connectivity index (χ4v) is 7.97. The maximum Gasteiger partial charge on any atom is 0.0159 e. The smallest absolute Gasteiger partial charge is 0.0159 e. The largest absolute Gasteiger partial charge is 0.0622 e. The molecule has 0 unspecified atom stereocenters. The lowest BCUT2D eigenvalue weighted by Gasteiger charge is -2.22. The van der Waals surface area contributed by atoms with Crippen LogP contribution in [-0.4, -0.2) is 0 Å². The fraction of sp³-hybridized carbons (Fsp3) is 0.0638. The molecule has 0 fully saturated rings. The van der Waals surface area contributed by atoms with Gasteiger partial charge >= 0.3 is 0 Å². The Morgan fingerprint density at radius 2 is 0.723 bits per heavy atom. The molecule has 0 heteroatoms. The lowest BCUT2D eigenvalue weighted by molar-refractivity contribution is 0.660. The molecule has 0 amide bonds. The van der Waals surface area contributed by atoms with Crippen molar-refractivity contribution in [3.8, 4) is 55.6 Å². The van der Waals surface area contributed by atoms with Crippen LogP contribution in [0.15, 0.2) is 170 Å². The van der Waals surface area contributed by atoms with Gasteiger partial charge in [0, 0.05) is 5.41 Å². The van der Waals surface area contributed by atoms with Gasteiger partial charge in [-0.05, 0) is 107 Å². The Morgan fingerprint density at radius 1 is 0.298 bits per heavy atom. The summed E-state index contributed by atoms with van der Waals surface area (Å²) >= 11 is 0. The van der Waals surface area contributed by atoms with Gasteiger partial charge in [-0.2, -0.15) is 0 Å². The normalized spacial score (nSPS) is 13.1. The fourth-order valence-electron chi connectivity index (χ4n) is 7.97. The molecule has 0 N–H and O–H groups in total. The van der Waals surface area contributed by atoms with Crippen molar-refractivity contribution >= 4 is 21.5 Å². The summed E-state index contributed by atoms with van der Waals surface area (Å²) in [7, 11) is 0. The Morgan fingerprint density at radius 3 is 1.34 bits per heavy atom. The van der Waals surface area contributed by atoms with Gasteiger partial charge < -0.3 is 0 Å².